The van der Waals surface area contributed by atoms with E-state index in [2.05, 4.69) is 164 Å². The van der Waals surface area contributed by atoms with Crippen LogP contribution in [-0.2, 0) is 5.41 Å². The van der Waals surface area contributed by atoms with Crippen molar-refractivity contribution in [2.45, 2.75) is 15.2 Å². The van der Waals surface area contributed by atoms with Crippen molar-refractivity contribution >= 4 is 11.8 Å². The minimum atomic E-state index is -0.491. The highest BCUT2D eigenvalue weighted by Gasteiger charge is 2.44. The number of aromatic nitrogens is 3. The minimum absolute atomic E-state index is 0.491. The van der Waals surface area contributed by atoms with Crippen LogP contribution >= 0.6 is 11.8 Å². The van der Waals surface area contributed by atoms with E-state index in [-0.39, 0.29) is 0 Å². The summed E-state index contributed by atoms with van der Waals surface area (Å²) in [5.74, 6) is 1.94. The van der Waals surface area contributed by atoms with Crippen molar-refractivity contribution in [3.63, 3.8) is 0 Å². The molecule has 4 heteroatoms. The van der Waals surface area contributed by atoms with Gasteiger partial charge in [0.25, 0.3) is 0 Å². The molecule has 0 spiro atoms. The summed E-state index contributed by atoms with van der Waals surface area (Å²) in [7, 11) is 0. The van der Waals surface area contributed by atoms with Crippen LogP contribution in [0.4, 0.5) is 0 Å². The van der Waals surface area contributed by atoms with Gasteiger partial charge in [0.2, 0.25) is 0 Å². The molecule has 0 N–H and O–H groups in total. The molecule has 1 aromatic heterocycles. The van der Waals surface area contributed by atoms with E-state index in [1.165, 1.54) is 32.0 Å². The van der Waals surface area contributed by atoms with Crippen molar-refractivity contribution in [3.05, 3.63) is 210 Å². The summed E-state index contributed by atoms with van der Waals surface area (Å²) >= 11 is 1.81. The minimum Gasteiger partial charge on any atom is -0.208 e. The predicted octanol–water partition coefficient (Wildman–Crippen LogP) is 11.4. The largest absolute Gasteiger partial charge is 0.208 e. The van der Waals surface area contributed by atoms with E-state index in [4.69, 9.17) is 15.0 Å². The second-order valence-electron chi connectivity index (χ2n) is 12.4. The van der Waals surface area contributed by atoms with E-state index < -0.39 is 5.41 Å². The molecule has 1 aliphatic rings. The Labute approximate surface area is 296 Å². The Morgan fingerprint density at radius 1 is 0.320 bits per heavy atom. The van der Waals surface area contributed by atoms with Gasteiger partial charge in [-0.2, -0.15) is 0 Å². The van der Waals surface area contributed by atoms with Crippen LogP contribution < -0.4 is 0 Å². The topological polar surface area (TPSA) is 38.7 Å². The number of nitrogens with zero attached hydrogens (tertiary/aromatic N) is 3. The van der Waals surface area contributed by atoms with Crippen molar-refractivity contribution in [1.29, 1.82) is 0 Å². The number of fused-ring (bicyclic) bond motifs is 2. The van der Waals surface area contributed by atoms with Gasteiger partial charge in [-0.05, 0) is 51.6 Å². The molecule has 7 aromatic carbocycles. The Balaban J connectivity index is 1.24. The summed E-state index contributed by atoms with van der Waals surface area (Å²) < 4.78 is 0. The van der Waals surface area contributed by atoms with Crippen LogP contribution in [-0.4, -0.2) is 15.0 Å². The second-order valence-corrected chi connectivity index (χ2v) is 13.5. The third kappa shape index (κ3) is 5.22. The fourth-order valence-corrected chi connectivity index (χ4v) is 8.40. The van der Waals surface area contributed by atoms with E-state index in [0.717, 1.165) is 27.8 Å². The molecule has 8 aromatic rings. The monoisotopic (exact) mass is 657 g/mol. The van der Waals surface area contributed by atoms with Crippen LogP contribution in [0.5, 0.6) is 0 Å². The van der Waals surface area contributed by atoms with Gasteiger partial charge >= 0.3 is 0 Å². The molecule has 1 aliphatic heterocycles. The first-order valence-corrected chi connectivity index (χ1v) is 17.6. The molecule has 236 valence electrons. The highest BCUT2D eigenvalue weighted by molar-refractivity contribution is 7.99. The molecule has 0 aliphatic carbocycles. The Hall–Kier alpha value is -6.10. The maximum absolute atomic E-state index is 5.15. The van der Waals surface area contributed by atoms with Crippen molar-refractivity contribution < 1.29 is 0 Å². The number of rotatable bonds is 6. The Morgan fingerprint density at radius 3 is 1.42 bits per heavy atom. The maximum atomic E-state index is 5.15. The average Bonchev–Trinajstić information content (AvgIpc) is 3.21. The molecule has 9 rings (SSSR count). The van der Waals surface area contributed by atoms with Gasteiger partial charge in [0.1, 0.15) is 0 Å². The molecule has 0 bridgehead atoms. The quantitative estimate of drug-likeness (QED) is 0.178. The van der Waals surface area contributed by atoms with Gasteiger partial charge in [-0.25, -0.2) is 15.0 Å². The first-order chi connectivity index (χ1) is 24.8. The molecule has 0 amide bonds. The molecular formula is C46H31N3S. The van der Waals surface area contributed by atoms with Gasteiger partial charge in [0.05, 0.1) is 5.41 Å². The lowest BCUT2D eigenvalue weighted by Gasteiger charge is -2.42. The predicted molar refractivity (Wildman–Crippen MR) is 204 cm³/mol. The van der Waals surface area contributed by atoms with Gasteiger partial charge < -0.3 is 0 Å². The molecule has 2 heterocycles. The summed E-state index contributed by atoms with van der Waals surface area (Å²) in [4.78, 5) is 17.7. The zero-order valence-electron chi connectivity index (χ0n) is 27.1. The van der Waals surface area contributed by atoms with Gasteiger partial charge in [-0.1, -0.05) is 182 Å². The average molecular weight is 658 g/mol. The highest BCUT2D eigenvalue weighted by atomic mass is 32.2. The Morgan fingerprint density at radius 2 is 0.780 bits per heavy atom. The molecule has 0 saturated carbocycles. The zero-order chi connectivity index (χ0) is 33.3. The maximum Gasteiger partial charge on any atom is 0.164 e. The molecule has 0 saturated heterocycles. The lowest BCUT2D eigenvalue weighted by atomic mass is 9.64. The summed E-state index contributed by atoms with van der Waals surface area (Å²) in [6, 6.07) is 66.3. The number of hydrogen-bond donors (Lipinski definition) is 0. The summed E-state index contributed by atoms with van der Waals surface area (Å²) in [6.45, 7) is 0. The highest BCUT2D eigenvalue weighted by Crippen LogP contribution is 2.56. The third-order valence-corrected chi connectivity index (χ3v) is 10.6. The number of hydrogen-bond acceptors (Lipinski definition) is 4. The van der Waals surface area contributed by atoms with Crippen LogP contribution in [0, 0.1) is 0 Å². The van der Waals surface area contributed by atoms with Crippen LogP contribution in [0.1, 0.15) is 22.3 Å². The Kier molecular flexibility index (Phi) is 7.64. The van der Waals surface area contributed by atoms with E-state index in [0.29, 0.717) is 17.5 Å². The smallest absolute Gasteiger partial charge is 0.164 e. The standard InChI is InChI=1S/C46H31N3S/c1-5-16-32(17-6-1)34-20-15-21-35(30-34)44-47-43(33-18-7-2-8-19-33)48-45(49-44)36-28-29-40-42(31-36)50-41-27-14-13-26-39(41)46(40,37-22-9-3-10-23-37)38-24-11-4-12-25-38/h1-31H. The number of benzene rings is 7. The van der Waals surface area contributed by atoms with E-state index in [1.54, 1.807) is 0 Å². The van der Waals surface area contributed by atoms with Gasteiger partial charge in [-0.15, -0.1) is 0 Å². The summed E-state index contributed by atoms with van der Waals surface area (Å²) in [5, 5.41) is 0. The normalized spacial score (nSPS) is 12.9. The molecule has 50 heavy (non-hydrogen) atoms. The van der Waals surface area contributed by atoms with Gasteiger partial charge in [0.15, 0.2) is 17.5 Å². The molecule has 0 unspecified atom stereocenters. The zero-order valence-corrected chi connectivity index (χ0v) is 28.0. The Bertz CT molecular complexity index is 2410. The molecular weight excluding hydrogens is 627 g/mol. The van der Waals surface area contributed by atoms with Gasteiger partial charge in [0, 0.05) is 26.5 Å². The first-order valence-electron chi connectivity index (χ1n) is 16.8. The molecule has 0 atom stereocenters. The van der Waals surface area contributed by atoms with E-state index in [9.17, 15) is 0 Å². The van der Waals surface area contributed by atoms with Crippen LogP contribution in [0.2, 0.25) is 0 Å². The lowest BCUT2D eigenvalue weighted by Crippen LogP contribution is -2.34. The lowest BCUT2D eigenvalue weighted by molar-refractivity contribution is 0.703. The van der Waals surface area contributed by atoms with Crippen molar-refractivity contribution in [3.8, 4) is 45.3 Å². The van der Waals surface area contributed by atoms with Crippen LogP contribution in [0.3, 0.4) is 0 Å². The van der Waals surface area contributed by atoms with Crippen LogP contribution in [0.15, 0.2) is 198 Å². The van der Waals surface area contributed by atoms with E-state index in [1.807, 2.05) is 36.0 Å². The second kappa shape index (κ2) is 12.7. The SMILES string of the molecule is c1ccc(-c2cccc(-c3nc(-c4ccccc4)nc(-c4ccc5c(c4)Sc4ccccc4C5(c4ccccc4)c4ccccc4)n3)c2)cc1. The van der Waals surface area contributed by atoms with Gasteiger partial charge in [-0.3, -0.25) is 0 Å². The van der Waals surface area contributed by atoms with Crippen molar-refractivity contribution in [2.75, 3.05) is 0 Å². The third-order valence-electron chi connectivity index (χ3n) is 9.46. The molecule has 3 nitrogen and oxygen atoms in total. The molecule has 0 radical (unpaired) electrons. The fourth-order valence-electron chi connectivity index (χ4n) is 7.17. The summed E-state index contributed by atoms with van der Waals surface area (Å²) in [5.41, 5.74) is 9.63. The summed E-state index contributed by atoms with van der Waals surface area (Å²) in [6.07, 6.45) is 0. The fraction of sp³-hybridized carbons (Fsp3) is 0.0217. The van der Waals surface area contributed by atoms with Crippen molar-refractivity contribution in [2.24, 2.45) is 0 Å². The molecule has 0 fully saturated rings. The van der Waals surface area contributed by atoms with Crippen LogP contribution in [0.25, 0.3) is 45.3 Å². The van der Waals surface area contributed by atoms with Crippen molar-refractivity contribution in [1.82, 2.24) is 15.0 Å². The van der Waals surface area contributed by atoms with E-state index >= 15 is 0 Å². The first kappa shape index (κ1) is 30.0.